The number of carbonyl (C=O) groups is 1. The summed E-state index contributed by atoms with van der Waals surface area (Å²) in [6.45, 7) is 0. The molecule has 0 unspecified atom stereocenters. The Morgan fingerprint density at radius 1 is 1.18 bits per heavy atom. The number of benzene rings is 1. The molecular formula is C18H16N2O2. The minimum absolute atomic E-state index is 0.0719. The van der Waals surface area contributed by atoms with Gasteiger partial charge in [-0.05, 0) is 24.1 Å². The molecule has 4 nitrogen and oxygen atoms in total. The maximum absolute atomic E-state index is 12.1. The first-order valence-electron chi connectivity index (χ1n) is 7.21. The van der Waals surface area contributed by atoms with Gasteiger partial charge < -0.3 is 5.11 Å². The van der Waals surface area contributed by atoms with E-state index in [1.807, 2.05) is 30.3 Å². The van der Waals surface area contributed by atoms with Gasteiger partial charge in [-0.3, -0.25) is 14.8 Å². The van der Waals surface area contributed by atoms with Crippen molar-refractivity contribution in [1.82, 2.24) is 4.98 Å². The number of pyridine rings is 1. The van der Waals surface area contributed by atoms with Crippen molar-refractivity contribution in [3.05, 3.63) is 71.8 Å². The molecule has 0 spiro atoms. The minimum atomic E-state index is -0.144. The highest BCUT2D eigenvalue weighted by Crippen LogP contribution is 2.34. The Morgan fingerprint density at radius 3 is 2.73 bits per heavy atom. The van der Waals surface area contributed by atoms with Crippen LogP contribution in [0, 0.1) is 0 Å². The fraction of sp³-hybridized carbons (Fsp3) is 0.167. The molecule has 0 bridgehead atoms. The van der Waals surface area contributed by atoms with Crippen LogP contribution in [-0.2, 0) is 4.79 Å². The van der Waals surface area contributed by atoms with Gasteiger partial charge in [-0.2, -0.15) is 0 Å². The van der Waals surface area contributed by atoms with E-state index in [2.05, 4.69) is 9.98 Å². The van der Waals surface area contributed by atoms with Crippen LogP contribution < -0.4 is 0 Å². The van der Waals surface area contributed by atoms with Crippen LogP contribution in [-0.4, -0.2) is 22.1 Å². The van der Waals surface area contributed by atoms with E-state index in [1.54, 1.807) is 24.5 Å². The molecular weight excluding hydrogens is 276 g/mol. The molecule has 0 aliphatic heterocycles. The summed E-state index contributed by atoms with van der Waals surface area (Å²) < 4.78 is 0. The van der Waals surface area contributed by atoms with Gasteiger partial charge in [-0.15, -0.1) is 0 Å². The molecule has 1 atom stereocenters. The highest BCUT2D eigenvalue weighted by atomic mass is 16.3. The molecule has 1 aliphatic carbocycles. The Hall–Kier alpha value is -2.75. The molecule has 110 valence electrons. The van der Waals surface area contributed by atoms with Gasteiger partial charge in [0.15, 0.2) is 5.78 Å². The summed E-state index contributed by atoms with van der Waals surface area (Å²) in [6.07, 6.45) is 5.75. The Bertz CT molecular complexity index is 721. The molecule has 0 amide bonds. The number of aromatic nitrogens is 1. The van der Waals surface area contributed by atoms with Gasteiger partial charge in [0.2, 0.25) is 0 Å². The van der Waals surface area contributed by atoms with E-state index in [-0.39, 0.29) is 17.5 Å². The number of carbonyl (C=O) groups excluding carboxylic acids is 1. The number of hydrogen-bond acceptors (Lipinski definition) is 4. The number of aliphatic hydroxyl groups is 1. The summed E-state index contributed by atoms with van der Waals surface area (Å²) in [5, 5.41) is 10.5. The summed E-state index contributed by atoms with van der Waals surface area (Å²) in [4.78, 5) is 20.3. The van der Waals surface area contributed by atoms with Crippen molar-refractivity contribution in [2.24, 2.45) is 4.99 Å². The van der Waals surface area contributed by atoms with E-state index in [4.69, 9.17) is 0 Å². The monoisotopic (exact) mass is 292 g/mol. The summed E-state index contributed by atoms with van der Waals surface area (Å²) in [5.74, 6) is -0.110. The van der Waals surface area contributed by atoms with Crippen molar-refractivity contribution in [3.63, 3.8) is 0 Å². The molecule has 1 aromatic heterocycles. The van der Waals surface area contributed by atoms with E-state index < -0.39 is 0 Å². The topological polar surface area (TPSA) is 62.5 Å². The Kier molecular flexibility index (Phi) is 4.10. The van der Waals surface area contributed by atoms with Gasteiger partial charge in [0.05, 0.1) is 17.5 Å². The molecule has 0 radical (unpaired) electrons. The Balaban J connectivity index is 1.93. The molecule has 4 heteroatoms. The quantitative estimate of drug-likeness (QED) is 0.876. The Labute approximate surface area is 128 Å². The first-order valence-corrected chi connectivity index (χ1v) is 7.21. The first kappa shape index (κ1) is 14.2. The van der Waals surface area contributed by atoms with E-state index in [0.717, 1.165) is 5.56 Å². The summed E-state index contributed by atoms with van der Waals surface area (Å²) >= 11 is 0. The molecule has 0 fully saturated rings. The van der Waals surface area contributed by atoms with Crippen LogP contribution in [0.4, 0.5) is 5.69 Å². The summed E-state index contributed by atoms with van der Waals surface area (Å²) in [7, 11) is 0. The van der Waals surface area contributed by atoms with Gasteiger partial charge >= 0.3 is 0 Å². The van der Waals surface area contributed by atoms with Gasteiger partial charge in [0.25, 0.3) is 0 Å². The molecule has 0 saturated heterocycles. The second-order valence-electron chi connectivity index (χ2n) is 5.19. The fourth-order valence-electron chi connectivity index (χ4n) is 2.59. The van der Waals surface area contributed by atoms with Crippen molar-refractivity contribution in [3.8, 4) is 0 Å². The third kappa shape index (κ3) is 2.96. The van der Waals surface area contributed by atoms with Crippen LogP contribution in [0.15, 0.2) is 71.2 Å². The third-order valence-electron chi connectivity index (χ3n) is 3.76. The lowest BCUT2D eigenvalue weighted by atomic mass is 9.83. The third-order valence-corrected chi connectivity index (χ3v) is 3.76. The molecule has 3 rings (SSSR count). The number of aliphatic hydroxyl groups excluding tert-OH is 1. The lowest BCUT2D eigenvalue weighted by Crippen LogP contribution is -2.19. The predicted molar refractivity (Wildman–Crippen MR) is 85.5 cm³/mol. The minimum Gasteiger partial charge on any atom is -0.511 e. The Morgan fingerprint density at radius 2 is 2.00 bits per heavy atom. The maximum atomic E-state index is 12.1. The van der Waals surface area contributed by atoms with Crippen molar-refractivity contribution in [2.75, 3.05) is 0 Å². The lowest BCUT2D eigenvalue weighted by Gasteiger charge is -2.22. The standard InChI is InChI=1S/C18H16N2O2/c21-17-9-8-15(13-5-2-1-3-6-13)18(22)16(17)12-20-14-7-4-10-19-11-14/h1-7,10-12,15,22H,8-9H2/t15-/m1/s1. The van der Waals surface area contributed by atoms with E-state index >= 15 is 0 Å². The lowest BCUT2D eigenvalue weighted by molar-refractivity contribution is -0.115. The SMILES string of the molecule is O=C1CC[C@H](c2ccccc2)C(O)=C1C=Nc1cccnc1. The van der Waals surface area contributed by atoms with Crippen molar-refractivity contribution in [2.45, 2.75) is 18.8 Å². The largest absolute Gasteiger partial charge is 0.511 e. The molecule has 1 N–H and O–H groups in total. The zero-order valence-electron chi connectivity index (χ0n) is 12.0. The first-order chi connectivity index (χ1) is 10.8. The second kappa shape index (κ2) is 6.35. The average molecular weight is 292 g/mol. The molecule has 1 heterocycles. The second-order valence-corrected chi connectivity index (χ2v) is 5.19. The summed E-state index contributed by atoms with van der Waals surface area (Å²) in [5.41, 5.74) is 1.96. The van der Waals surface area contributed by atoms with Crippen molar-refractivity contribution >= 4 is 17.7 Å². The van der Waals surface area contributed by atoms with E-state index in [1.165, 1.54) is 6.21 Å². The average Bonchev–Trinajstić information content (AvgIpc) is 2.56. The van der Waals surface area contributed by atoms with Gasteiger partial charge in [0.1, 0.15) is 5.76 Å². The predicted octanol–water partition coefficient (Wildman–Crippen LogP) is 3.74. The highest BCUT2D eigenvalue weighted by Gasteiger charge is 2.28. The number of hydrogen-bond donors (Lipinski definition) is 1. The fourth-order valence-corrected chi connectivity index (χ4v) is 2.59. The van der Waals surface area contributed by atoms with Crippen molar-refractivity contribution < 1.29 is 9.90 Å². The van der Waals surface area contributed by atoms with Gasteiger partial charge in [-0.1, -0.05) is 30.3 Å². The number of Topliss-reactive ketones (excluding diaryl/α,β-unsaturated/α-hetero) is 1. The molecule has 0 saturated carbocycles. The zero-order valence-corrected chi connectivity index (χ0v) is 12.0. The zero-order chi connectivity index (χ0) is 15.4. The highest BCUT2D eigenvalue weighted by molar-refractivity contribution is 6.14. The van der Waals surface area contributed by atoms with Crippen molar-refractivity contribution in [1.29, 1.82) is 0 Å². The molecule has 1 aliphatic rings. The number of nitrogens with zero attached hydrogens (tertiary/aromatic N) is 2. The van der Waals surface area contributed by atoms with Gasteiger partial charge in [-0.25, -0.2) is 0 Å². The van der Waals surface area contributed by atoms with Crippen LogP contribution in [0.25, 0.3) is 0 Å². The van der Waals surface area contributed by atoms with E-state index in [9.17, 15) is 9.90 Å². The van der Waals surface area contributed by atoms with Gasteiger partial charge in [0, 0.05) is 24.8 Å². The van der Waals surface area contributed by atoms with E-state index in [0.29, 0.717) is 24.1 Å². The number of aliphatic imine (C=N–C) groups is 1. The normalized spacial score (nSPS) is 18.9. The van der Waals surface area contributed by atoms with Crippen LogP contribution >= 0.6 is 0 Å². The smallest absolute Gasteiger partial charge is 0.167 e. The van der Waals surface area contributed by atoms with Crippen LogP contribution in [0.3, 0.4) is 0 Å². The molecule has 1 aromatic carbocycles. The summed E-state index contributed by atoms with van der Waals surface area (Å²) in [6, 6.07) is 13.3. The van der Waals surface area contributed by atoms with Crippen LogP contribution in [0.2, 0.25) is 0 Å². The number of ketones is 1. The molecule has 2 aromatic rings. The van der Waals surface area contributed by atoms with Crippen LogP contribution in [0.5, 0.6) is 0 Å². The number of allylic oxidation sites excluding steroid dienone is 2. The number of rotatable bonds is 3. The maximum Gasteiger partial charge on any atom is 0.167 e. The molecule has 22 heavy (non-hydrogen) atoms. The van der Waals surface area contributed by atoms with Crippen LogP contribution in [0.1, 0.15) is 24.3 Å².